The first-order valence-electron chi connectivity index (χ1n) is 6.27. The normalized spacial score (nSPS) is 17.0. The number of carbonyl (C=O) groups excluding carboxylic acids is 1. The van der Waals surface area contributed by atoms with Crippen LogP contribution in [0.4, 0.5) is 4.39 Å². The number of Topliss-reactive ketones (excluding diaryl/α,β-unsaturated/α-hetero) is 1. The van der Waals surface area contributed by atoms with Crippen molar-refractivity contribution in [2.24, 2.45) is 0 Å². The van der Waals surface area contributed by atoms with Gasteiger partial charge in [-0.3, -0.25) is 4.79 Å². The Hall–Kier alpha value is -1.22. The first-order valence-corrected chi connectivity index (χ1v) is 6.27. The molecular weight excluding hydrogens is 217 g/mol. The van der Waals surface area contributed by atoms with Gasteiger partial charge in [-0.1, -0.05) is 18.6 Å². The van der Waals surface area contributed by atoms with Crippen molar-refractivity contribution in [1.82, 2.24) is 4.90 Å². The van der Waals surface area contributed by atoms with Crippen molar-refractivity contribution in [2.45, 2.75) is 25.7 Å². The summed E-state index contributed by atoms with van der Waals surface area (Å²) in [5.41, 5.74) is 0.488. The second kappa shape index (κ2) is 5.92. The zero-order valence-electron chi connectivity index (χ0n) is 9.99. The van der Waals surface area contributed by atoms with Crippen molar-refractivity contribution in [1.29, 1.82) is 0 Å². The van der Waals surface area contributed by atoms with Crippen LogP contribution in [0.3, 0.4) is 0 Å². The van der Waals surface area contributed by atoms with Crippen LogP contribution < -0.4 is 0 Å². The number of hydrogen-bond donors (Lipinski definition) is 0. The van der Waals surface area contributed by atoms with Crippen molar-refractivity contribution < 1.29 is 9.18 Å². The summed E-state index contributed by atoms with van der Waals surface area (Å²) in [6.07, 6.45) is 4.25. The minimum absolute atomic E-state index is 0.0371. The van der Waals surface area contributed by atoms with E-state index in [1.54, 1.807) is 12.1 Å². The molecule has 0 saturated carbocycles. The zero-order valence-corrected chi connectivity index (χ0v) is 9.99. The topological polar surface area (TPSA) is 20.3 Å². The molecule has 0 spiro atoms. The minimum atomic E-state index is -0.339. The molecule has 1 heterocycles. The van der Waals surface area contributed by atoms with Crippen LogP contribution in [-0.2, 0) is 0 Å². The monoisotopic (exact) mass is 235 g/mol. The highest BCUT2D eigenvalue weighted by atomic mass is 19.1. The van der Waals surface area contributed by atoms with E-state index in [9.17, 15) is 9.18 Å². The average Bonchev–Trinajstić information content (AvgIpc) is 2.37. The van der Waals surface area contributed by atoms with Gasteiger partial charge in [0.15, 0.2) is 5.78 Å². The van der Waals surface area contributed by atoms with Gasteiger partial charge in [-0.2, -0.15) is 0 Å². The van der Waals surface area contributed by atoms with Gasteiger partial charge in [0.25, 0.3) is 0 Å². The Labute approximate surface area is 101 Å². The fourth-order valence-corrected chi connectivity index (χ4v) is 2.25. The van der Waals surface area contributed by atoms with Crippen molar-refractivity contribution in [3.63, 3.8) is 0 Å². The average molecular weight is 235 g/mol. The van der Waals surface area contributed by atoms with Crippen LogP contribution in [0.15, 0.2) is 24.3 Å². The number of nitrogens with zero attached hydrogens (tertiary/aromatic N) is 1. The summed E-state index contributed by atoms with van der Waals surface area (Å²) in [5, 5.41) is 0. The second-order valence-corrected chi connectivity index (χ2v) is 4.59. The molecule has 1 aromatic rings. The molecule has 0 bridgehead atoms. The lowest BCUT2D eigenvalue weighted by atomic mass is 10.1. The third kappa shape index (κ3) is 3.63. The second-order valence-electron chi connectivity index (χ2n) is 4.59. The Morgan fingerprint density at radius 3 is 2.71 bits per heavy atom. The Balaban J connectivity index is 1.84. The maximum atomic E-state index is 13.0. The predicted octanol–water partition coefficient (Wildman–Crippen LogP) is 2.88. The minimum Gasteiger partial charge on any atom is -0.303 e. The summed E-state index contributed by atoms with van der Waals surface area (Å²) in [6.45, 7) is 2.99. The van der Waals surface area contributed by atoms with Gasteiger partial charge in [-0.05, 0) is 38.1 Å². The molecule has 1 aromatic carbocycles. The first-order chi connectivity index (χ1) is 8.25. The molecule has 0 radical (unpaired) electrons. The lowest BCUT2D eigenvalue weighted by molar-refractivity contribution is 0.0958. The molecule has 0 amide bonds. The third-order valence-electron chi connectivity index (χ3n) is 3.25. The number of hydrogen-bond acceptors (Lipinski definition) is 2. The summed E-state index contributed by atoms with van der Waals surface area (Å²) in [4.78, 5) is 14.2. The Bertz CT molecular complexity index is 386. The fourth-order valence-electron chi connectivity index (χ4n) is 2.25. The molecule has 17 heavy (non-hydrogen) atoms. The van der Waals surface area contributed by atoms with E-state index in [0.29, 0.717) is 12.0 Å². The van der Waals surface area contributed by atoms with Crippen LogP contribution in [0.5, 0.6) is 0 Å². The molecule has 92 valence electrons. The number of rotatable bonds is 4. The SMILES string of the molecule is O=C(CCN1CCCCC1)c1cccc(F)c1. The van der Waals surface area contributed by atoms with Crippen molar-refractivity contribution in [2.75, 3.05) is 19.6 Å². The molecule has 2 nitrogen and oxygen atoms in total. The number of halogens is 1. The van der Waals surface area contributed by atoms with E-state index < -0.39 is 0 Å². The highest BCUT2D eigenvalue weighted by molar-refractivity contribution is 5.96. The molecule has 1 saturated heterocycles. The lowest BCUT2D eigenvalue weighted by Crippen LogP contribution is -2.31. The number of benzene rings is 1. The largest absolute Gasteiger partial charge is 0.303 e. The van der Waals surface area contributed by atoms with Crippen molar-refractivity contribution >= 4 is 5.78 Å². The number of carbonyl (C=O) groups is 1. The maximum Gasteiger partial charge on any atom is 0.164 e. The van der Waals surface area contributed by atoms with Gasteiger partial charge in [0.2, 0.25) is 0 Å². The van der Waals surface area contributed by atoms with Crippen molar-refractivity contribution in [3.8, 4) is 0 Å². The number of likely N-dealkylation sites (tertiary alicyclic amines) is 1. The molecule has 1 fully saturated rings. The highest BCUT2D eigenvalue weighted by Crippen LogP contribution is 2.11. The zero-order chi connectivity index (χ0) is 12.1. The predicted molar refractivity (Wildman–Crippen MR) is 65.6 cm³/mol. The number of ketones is 1. The molecule has 3 heteroatoms. The van der Waals surface area contributed by atoms with E-state index in [4.69, 9.17) is 0 Å². The van der Waals surface area contributed by atoms with Gasteiger partial charge in [0.1, 0.15) is 5.82 Å². The molecular formula is C14H18FNO. The summed E-state index contributed by atoms with van der Waals surface area (Å²) >= 11 is 0. The van der Waals surface area contributed by atoms with E-state index >= 15 is 0 Å². The van der Waals surface area contributed by atoms with Crippen molar-refractivity contribution in [3.05, 3.63) is 35.6 Å². The van der Waals surface area contributed by atoms with E-state index in [0.717, 1.165) is 19.6 Å². The van der Waals surface area contributed by atoms with Crippen LogP contribution in [0.25, 0.3) is 0 Å². The van der Waals surface area contributed by atoms with Crippen LogP contribution in [0, 0.1) is 5.82 Å². The van der Waals surface area contributed by atoms with Gasteiger partial charge in [-0.15, -0.1) is 0 Å². The van der Waals surface area contributed by atoms with Gasteiger partial charge in [0, 0.05) is 18.5 Å². The molecule has 0 atom stereocenters. The number of piperidine rings is 1. The molecule has 2 rings (SSSR count). The molecule has 0 unspecified atom stereocenters. The summed E-state index contributed by atoms with van der Waals surface area (Å²) in [6, 6.07) is 5.95. The van der Waals surface area contributed by atoms with Crippen LogP contribution in [0.2, 0.25) is 0 Å². The van der Waals surface area contributed by atoms with Gasteiger partial charge in [0.05, 0.1) is 0 Å². The Morgan fingerprint density at radius 1 is 1.24 bits per heavy atom. The Kier molecular flexibility index (Phi) is 4.26. The fraction of sp³-hybridized carbons (Fsp3) is 0.500. The smallest absolute Gasteiger partial charge is 0.164 e. The van der Waals surface area contributed by atoms with Crippen LogP contribution in [0.1, 0.15) is 36.0 Å². The summed E-state index contributed by atoms with van der Waals surface area (Å²) in [7, 11) is 0. The quantitative estimate of drug-likeness (QED) is 0.748. The third-order valence-corrected chi connectivity index (χ3v) is 3.25. The summed E-state index contributed by atoms with van der Waals surface area (Å²) in [5.74, 6) is -0.302. The Morgan fingerprint density at radius 2 is 2.00 bits per heavy atom. The molecule has 0 aromatic heterocycles. The highest BCUT2D eigenvalue weighted by Gasteiger charge is 2.12. The van der Waals surface area contributed by atoms with Gasteiger partial charge in [-0.25, -0.2) is 4.39 Å². The summed E-state index contributed by atoms with van der Waals surface area (Å²) < 4.78 is 13.0. The molecule has 0 aliphatic carbocycles. The standard InChI is InChI=1S/C14H18FNO/c15-13-6-4-5-12(11-13)14(17)7-10-16-8-2-1-3-9-16/h4-6,11H,1-3,7-10H2. The van der Waals surface area contributed by atoms with E-state index in [1.807, 2.05) is 0 Å². The maximum absolute atomic E-state index is 13.0. The molecule has 1 aliphatic rings. The van der Waals surface area contributed by atoms with Gasteiger partial charge < -0.3 is 4.90 Å². The molecule has 1 aliphatic heterocycles. The first kappa shape index (κ1) is 12.2. The van der Waals surface area contributed by atoms with Gasteiger partial charge >= 0.3 is 0 Å². The van der Waals surface area contributed by atoms with E-state index in [-0.39, 0.29) is 11.6 Å². The molecule has 0 N–H and O–H groups in total. The van der Waals surface area contributed by atoms with E-state index in [2.05, 4.69) is 4.90 Å². The van der Waals surface area contributed by atoms with Crippen LogP contribution >= 0.6 is 0 Å². The van der Waals surface area contributed by atoms with Crippen LogP contribution in [-0.4, -0.2) is 30.3 Å². The van der Waals surface area contributed by atoms with E-state index in [1.165, 1.54) is 31.4 Å². The lowest BCUT2D eigenvalue weighted by Gasteiger charge is -2.25.